The molecule has 114 valence electrons. The molecule has 1 aromatic carbocycles. The lowest BCUT2D eigenvalue weighted by atomic mass is 9.88. The van der Waals surface area contributed by atoms with Gasteiger partial charge in [0.2, 0.25) is 0 Å². The van der Waals surface area contributed by atoms with E-state index in [1.807, 2.05) is 18.2 Å². The molecule has 1 aromatic rings. The van der Waals surface area contributed by atoms with Crippen LogP contribution in [0, 0.1) is 5.92 Å². The van der Waals surface area contributed by atoms with Crippen molar-refractivity contribution in [1.82, 2.24) is 4.90 Å². The predicted molar refractivity (Wildman–Crippen MR) is 83.8 cm³/mol. The Labute approximate surface area is 134 Å². The molecule has 3 nitrogen and oxygen atoms in total. The van der Waals surface area contributed by atoms with Crippen molar-refractivity contribution in [2.75, 3.05) is 0 Å². The summed E-state index contributed by atoms with van der Waals surface area (Å²) in [5.41, 5.74) is 0.995. The number of carbonyl (C=O) groups is 1. The first-order valence-corrected chi connectivity index (χ1v) is 8.20. The molecule has 2 aliphatic rings. The summed E-state index contributed by atoms with van der Waals surface area (Å²) in [6, 6.07) is 6.56. The number of hydrogen-bond donors (Lipinski definition) is 1. The average Bonchev–Trinajstić information content (AvgIpc) is 2.64. The molecule has 2 saturated heterocycles. The van der Waals surface area contributed by atoms with E-state index in [0.29, 0.717) is 24.4 Å². The van der Waals surface area contributed by atoms with E-state index in [9.17, 15) is 4.79 Å². The number of benzene rings is 1. The molecule has 1 N–H and O–H groups in total. The van der Waals surface area contributed by atoms with Gasteiger partial charge in [0.15, 0.2) is 0 Å². The second-order valence-corrected chi connectivity index (χ2v) is 7.01. The van der Waals surface area contributed by atoms with Crippen molar-refractivity contribution in [3.63, 3.8) is 0 Å². The van der Waals surface area contributed by atoms with Crippen LogP contribution in [0.2, 0.25) is 10.0 Å². The fraction of sp³-hybridized carbons (Fsp3) is 0.562. The molecule has 2 atom stereocenters. The Morgan fingerprint density at radius 1 is 1.19 bits per heavy atom. The first kappa shape index (κ1) is 15.1. The minimum Gasteiger partial charge on any atom is -0.481 e. The Hall–Kier alpha value is -0.770. The van der Waals surface area contributed by atoms with E-state index in [0.717, 1.165) is 47.8 Å². The standard InChI is InChI=1S/C16H19Cl2NO2/c17-14-2-1-3-15(18)13(14)9-19-11-4-5-12(19)7-10(6-11)8-16(20)21/h1-3,10-12H,4-9H2,(H,20,21). The topological polar surface area (TPSA) is 40.5 Å². The number of carboxylic acids is 1. The van der Waals surface area contributed by atoms with Gasteiger partial charge in [0.1, 0.15) is 0 Å². The largest absolute Gasteiger partial charge is 0.481 e. The van der Waals surface area contributed by atoms with Crippen molar-refractivity contribution < 1.29 is 9.90 Å². The highest BCUT2D eigenvalue weighted by Crippen LogP contribution is 2.41. The van der Waals surface area contributed by atoms with E-state index >= 15 is 0 Å². The smallest absolute Gasteiger partial charge is 0.303 e. The monoisotopic (exact) mass is 327 g/mol. The Bertz CT molecular complexity index is 515. The predicted octanol–water partition coefficient (Wildman–Crippen LogP) is 4.21. The molecule has 2 unspecified atom stereocenters. The van der Waals surface area contributed by atoms with Gasteiger partial charge in [-0.2, -0.15) is 0 Å². The molecular formula is C16H19Cl2NO2. The number of hydrogen-bond acceptors (Lipinski definition) is 2. The maximum Gasteiger partial charge on any atom is 0.303 e. The highest BCUT2D eigenvalue weighted by atomic mass is 35.5. The number of nitrogens with zero attached hydrogens (tertiary/aromatic N) is 1. The zero-order valence-electron chi connectivity index (χ0n) is 11.8. The van der Waals surface area contributed by atoms with E-state index in [1.54, 1.807) is 0 Å². The van der Waals surface area contributed by atoms with Crippen molar-refractivity contribution in [2.24, 2.45) is 5.92 Å². The summed E-state index contributed by atoms with van der Waals surface area (Å²) < 4.78 is 0. The molecule has 0 spiro atoms. The van der Waals surface area contributed by atoms with Gasteiger partial charge >= 0.3 is 5.97 Å². The quantitative estimate of drug-likeness (QED) is 0.900. The van der Waals surface area contributed by atoms with Crippen LogP contribution in [0.1, 0.15) is 37.7 Å². The molecule has 0 aromatic heterocycles. The fourth-order valence-electron chi connectivity index (χ4n) is 3.92. The second-order valence-electron chi connectivity index (χ2n) is 6.19. The number of fused-ring (bicyclic) bond motifs is 2. The summed E-state index contributed by atoms with van der Waals surface area (Å²) in [5, 5.41) is 10.4. The van der Waals surface area contributed by atoms with Gasteiger partial charge in [0.05, 0.1) is 0 Å². The van der Waals surface area contributed by atoms with Crippen molar-refractivity contribution >= 4 is 29.2 Å². The molecule has 2 fully saturated rings. The highest BCUT2D eigenvalue weighted by molar-refractivity contribution is 6.35. The van der Waals surface area contributed by atoms with Crippen LogP contribution in [0.5, 0.6) is 0 Å². The minimum absolute atomic E-state index is 0.299. The Morgan fingerprint density at radius 2 is 1.76 bits per heavy atom. The van der Waals surface area contributed by atoms with Crippen molar-refractivity contribution in [1.29, 1.82) is 0 Å². The van der Waals surface area contributed by atoms with E-state index < -0.39 is 5.97 Å². The summed E-state index contributed by atoms with van der Waals surface area (Å²) in [5.74, 6) is -0.361. The number of halogens is 2. The van der Waals surface area contributed by atoms with Crippen LogP contribution in [0.4, 0.5) is 0 Å². The van der Waals surface area contributed by atoms with Gasteiger partial charge in [-0.05, 0) is 43.7 Å². The fourth-order valence-corrected chi connectivity index (χ4v) is 4.44. The lowest BCUT2D eigenvalue weighted by Crippen LogP contribution is -2.42. The summed E-state index contributed by atoms with van der Waals surface area (Å²) >= 11 is 12.5. The SMILES string of the molecule is O=C(O)CC1CC2CCC(C1)N2Cc1c(Cl)cccc1Cl. The first-order chi connectivity index (χ1) is 10.0. The summed E-state index contributed by atoms with van der Waals surface area (Å²) in [6.45, 7) is 0.771. The Kier molecular flexibility index (Phi) is 4.43. The van der Waals surface area contributed by atoms with E-state index in [4.69, 9.17) is 28.3 Å². The first-order valence-electron chi connectivity index (χ1n) is 7.45. The molecule has 21 heavy (non-hydrogen) atoms. The molecule has 2 heterocycles. The lowest BCUT2D eigenvalue weighted by Gasteiger charge is -2.39. The molecule has 3 rings (SSSR count). The molecule has 0 amide bonds. The van der Waals surface area contributed by atoms with Gasteiger partial charge in [-0.3, -0.25) is 9.69 Å². The third-order valence-electron chi connectivity index (χ3n) is 4.85. The maximum atomic E-state index is 10.9. The van der Waals surface area contributed by atoms with Gasteiger partial charge in [-0.15, -0.1) is 0 Å². The number of carboxylic acid groups (broad SMARTS) is 1. The van der Waals surface area contributed by atoms with Crippen LogP contribution in [-0.2, 0) is 11.3 Å². The van der Waals surface area contributed by atoms with Crippen LogP contribution in [0.25, 0.3) is 0 Å². The zero-order valence-corrected chi connectivity index (χ0v) is 13.3. The number of aliphatic carboxylic acids is 1. The van der Waals surface area contributed by atoms with Gasteiger partial charge in [-0.1, -0.05) is 29.3 Å². The Morgan fingerprint density at radius 3 is 2.29 bits per heavy atom. The Balaban J connectivity index is 1.72. The van der Waals surface area contributed by atoms with Crippen LogP contribution >= 0.6 is 23.2 Å². The average molecular weight is 328 g/mol. The van der Waals surface area contributed by atoms with Gasteiger partial charge < -0.3 is 5.11 Å². The molecule has 5 heteroatoms. The van der Waals surface area contributed by atoms with Crippen LogP contribution in [-0.4, -0.2) is 28.1 Å². The molecular weight excluding hydrogens is 309 g/mol. The number of rotatable bonds is 4. The maximum absolute atomic E-state index is 10.9. The van der Waals surface area contributed by atoms with Gasteiger partial charge in [0.25, 0.3) is 0 Å². The second kappa shape index (κ2) is 6.15. The van der Waals surface area contributed by atoms with E-state index in [1.165, 1.54) is 0 Å². The van der Waals surface area contributed by atoms with Gasteiger partial charge in [0, 0.05) is 40.7 Å². The van der Waals surface area contributed by atoms with Crippen molar-refractivity contribution in [3.8, 4) is 0 Å². The molecule has 0 radical (unpaired) electrons. The molecule has 0 saturated carbocycles. The summed E-state index contributed by atoms with van der Waals surface area (Å²) in [7, 11) is 0. The van der Waals surface area contributed by atoms with Gasteiger partial charge in [-0.25, -0.2) is 0 Å². The minimum atomic E-state index is -0.679. The van der Waals surface area contributed by atoms with Crippen LogP contribution in [0.3, 0.4) is 0 Å². The number of piperidine rings is 1. The molecule has 2 aliphatic heterocycles. The van der Waals surface area contributed by atoms with E-state index in [-0.39, 0.29) is 0 Å². The third kappa shape index (κ3) is 3.20. The van der Waals surface area contributed by atoms with E-state index in [2.05, 4.69) is 4.90 Å². The van der Waals surface area contributed by atoms with Crippen molar-refractivity contribution in [3.05, 3.63) is 33.8 Å². The van der Waals surface area contributed by atoms with Crippen molar-refractivity contribution in [2.45, 2.75) is 50.7 Å². The third-order valence-corrected chi connectivity index (χ3v) is 5.56. The van der Waals surface area contributed by atoms with Crippen LogP contribution in [0.15, 0.2) is 18.2 Å². The molecule has 2 bridgehead atoms. The lowest BCUT2D eigenvalue weighted by molar-refractivity contribution is -0.138. The summed E-state index contributed by atoms with van der Waals surface area (Å²) in [6.07, 6.45) is 4.56. The molecule has 0 aliphatic carbocycles. The highest BCUT2D eigenvalue weighted by Gasteiger charge is 2.41. The normalized spacial score (nSPS) is 28.8. The van der Waals surface area contributed by atoms with Crippen LogP contribution < -0.4 is 0 Å². The zero-order chi connectivity index (χ0) is 15.0. The summed E-state index contributed by atoms with van der Waals surface area (Å²) in [4.78, 5) is 13.4.